The van der Waals surface area contributed by atoms with E-state index in [9.17, 15) is 9.18 Å². The number of aryl methyl sites for hydroxylation is 2. The molecule has 2 aliphatic heterocycles. The summed E-state index contributed by atoms with van der Waals surface area (Å²) in [6.45, 7) is 3.88. The highest BCUT2D eigenvalue weighted by molar-refractivity contribution is 5.98. The van der Waals surface area contributed by atoms with Crippen LogP contribution in [0.3, 0.4) is 0 Å². The van der Waals surface area contributed by atoms with Gasteiger partial charge in [-0.05, 0) is 51.3 Å². The van der Waals surface area contributed by atoms with E-state index in [0.29, 0.717) is 17.2 Å². The van der Waals surface area contributed by atoms with E-state index in [2.05, 4.69) is 25.5 Å². The third-order valence-corrected chi connectivity index (χ3v) is 5.89. The van der Waals surface area contributed by atoms with Gasteiger partial charge in [0.2, 0.25) is 5.95 Å². The second-order valence-electron chi connectivity index (χ2n) is 7.95. The summed E-state index contributed by atoms with van der Waals surface area (Å²) in [5, 5.41) is 11.6. The Kier molecular flexibility index (Phi) is 4.45. The fourth-order valence-electron chi connectivity index (χ4n) is 4.75. The van der Waals surface area contributed by atoms with Crippen LogP contribution in [0.25, 0.3) is 5.69 Å². The molecule has 30 heavy (non-hydrogen) atoms. The second-order valence-corrected chi connectivity index (χ2v) is 7.95. The fourth-order valence-corrected chi connectivity index (χ4v) is 4.75. The molecule has 2 aromatic heterocycles. The summed E-state index contributed by atoms with van der Waals surface area (Å²) in [5.41, 5.74) is 2.55. The molecule has 3 atom stereocenters. The Morgan fingerprint density at radius 3 is 2.57 bits per heavy atom. The van der Waals surface area contributed by atoms with Gasteiger partial charge in [-0.2, -0.15) is 15.0 Å². The number of amides is 1. The molecule has 0 saturated carbocycles. The van der Waals surface area contributed by atoms with Crippen LogP contribution in [0.5, 0.6) is 0 Å². The average Bonchev–Trinajstić information content (AvgIpc) is 3.43. The third kappa shape index (κ3) is 3.20. The van der Waals surface area contributed by atoms with Crippen molar-refractivity contribution < 1.29 is 9.18 Å². The monoisotopic (exact) mass is 407 g/mol. The first-order valence-corrected chi connectivity index (χ1v) is 10.1. The fraction of sp³-hybridized carbons (Fsp3) is 0.381. The topological polar surface area (TPSA) is 88.8 Å². The number of nitrogens with one attached hydrogen (secondary N) is 1. The van der Waals surface area contributed by atoms with Gasteiger partial charge >= 0.3 is 0 Å². The molecule has 2 aliphatic rings. The summed E-state index contributed by atoms with van der Waals surface area (Å²) in [6, 6.07) is 6.30. The zero-order valence-corrected chi connectivity index (χ0v) is 16.8. The first-order chi connectivity index (χ1) is 14.5. The minimum atomic E-state index is -0.435. The van der Waals surface area contributed by atoms with Crippen molar-refractivity contribution in [3.05, 3.63) is 59.4 Å². The molecule has 0 radical (unpaired) electrons. The lowest BCUT2D eigenvalue weighted by Crippen LogP contribution is -2.40. The minimum Gasteiger partial charge on any atom is -0.349 e. The van der Waals surface area contributed by atoms with Gasteiger partial charge in [0.15, 0.2) is 0 Å². The lowest BCUT2D eigenvalue weighted by atomic mass is 9.96. The number of hydrogen-bond donors (Lipinski definition) is 1. The number of hydrogen-bond acceptors (Lipinski definition) is 6. The molecule has 1 aromatic carbocycles. The number of anilines is 1. The van der Waals surface area contributed by atoms with Crippen LogP contribution in [0.1, 0.15) is 41.0 Å². The Hall–Kier alpha value is -3.36. The molecule has 154 valence electrons. The molecule has 3 unspecified atom stereocenters. The van der Waals surface area contributed by atoms with E-state index in [1.807, 2.05) is 24.8 Å². The summed E-state index contributed by atoms with van der Waals surface area (Å²) in [6.07, 6.45) is 5.71. The Labute approximate surface area is 173 Å². The van der Waals surface area contributed by atoms with E-state index >= 15 is 0 Å². The molecule has 1 N–H and O–H groups in total. The predicted molar refractivity (Wildman–Crippen MR) is 108 cm³/mol. The number of aromatic nitrogens is 5. The first-order valence-electron chi connectivity index (χ1n) is 10.1. The highest BCUT2D eigenvalue weighted by Crippen LogP contribution is 2.40. The van der Waals surface area contributed by atoms with Crippen LogP contribution in [0, 0.1) is 19.7 Å². The predicted octanol–water partition coefficient (Wildman–Crippen LogP) is 2.67. The van der Waals surface area contributed by atoms with Crippen molar-refractivity contribution in [2.75, 3.05) is 5.32 Å². The Balaban J connectivity index is 1.43. The molecule has 0 spiro atoms. The van der Waals surface area contributed by atoms with Crippen molar-refractivity contribution in [1.82, 2.24) is 29.9 Å². The van der Waals surface area contributed by atoms with E-state index in [-0.39, 0.29) is 24.0 Å². The summed E-state index contributed by atoms with van der Waals surface area (Å²) in [7, 11) is 0. The third-order valence-electron chi connectivity index (χ3n) is 5.89. The van der Waals surface area contributed by atoms with Crippen molar-refractivity contribution in [3.8, 4) is 5.69 Å². The number of rotatable bonds is 4. The standard InChI is InChI=1S/C21H22FN7O/c1-12-9-13(2)26-21(25-12)27-17-11-15-4-6-18(17)28(15)20(30)16-5-3-14(22)10-19(16)29-23-7-8-24-29/h3,5,7-10,15,17-18H,4,6,11H2,1-2H3,(H,25,26,27). The van der Waals surface area contributed by atoms with E-state index in [1.54, 1.807) is 0 Å². The van der Waals surface area contributed by atoms with Crippen molar-refractivity contribution in [3.63, 3.8) is 0 Å². The van der Waals surface area contributed by atoms with Gasteiger partial charge in [-0.15, -0.1) is 0 Å². The molecule has 4 heterocycles. The van der Waals surface area contributed by atoms with Gasteiger partial charge in [-0.3, -0.25) is 4.79 Å². The van der Waals surface area contributed by atoms with E-state index in [1.165, 1.54) is 35.4 Å². The van der Waals surface area contributed by atoms with E-state index < -0.39 is 5.82 Å². The maximum Gasteiger partial charge on any atom is 0.256 e. The summed E-state index contributed by atoms with van der Waals surface area (Å²) in [4.78, 5) is 25.7. The Bertz CT molecular complexity index is 1080. The minimum absolute atomic E-state index is 0.0374. The van der Waals surface area contributed by atoms with Crippen LogP contribution < -0.4 is 5.32 Å². The van der Waals surface area contributed by atoms with Crippen LogP contribution in [-0.2, 0) is 0 Å². The molecule has 2 bridgehead atoms. The number of carbonyl (C=O) groups is 1. The number of nitrogens with zero attached hydrogens (tertiary/aromatic N) is 6. The van der Waals surface area contributed by atoms with Crippen LogP contribution >= 0.6 is 0 Å². The van der Waals surface area contributed by atoms with E-state index in [4.69, 9.17) is 0 Å². The van der Waals surface area contributed by atoms with Gasteiger partial charge < -0.3 is 10.2 Å². The smallest absolute Gasteiger partial charge is 0.256 e. The van der Waals surface area contributed by atoms with Crippen LogP contribution in [0.15, 0.2) is 36.7 Å². The zero-order chi connectivity index (χ0) is 20.8. The molecule has 9 heteroatoms. The molecule has 2 saturated heterocycles. The van der Waals surface area contributed by atoms with Crippen molar-refractivity contribution in [1.29, 1.82) is 0 Å². The Morgan fingerprint density at radius 2 is 1.83 bits per heavy atom. The van der Waals surface area contributed by atoms with Gasteiger partial charge in [0.25, 0.3) is 5.91 Å². The highest BCUT2D eigenvalue weighted by atomic mass is 19.1. The SMILES string of the molecule is Cc1cc(C)nc(NC2CC3CCC2N3C(=O)c2ccc(F)cc2-n2nccn2)n1. The van der Waals surface area contributed by atoms with Gasteiger partial charge in [0, 0.05) is 23.5 Å². The molecule has 5 rings (SSSR count). The maximum atomic E-state index is 13.9. The van der Waals surface area contributed by atoms with Gasteiger partial charge in [-0.25, -0.2) is 14.4 Å². The van der Waals surface area contributed by atoms with Crippen LogP contribution in [-0.4, -0.2) is 53.9 Å². The average molecular weight is 407 g/mol. The maximum absolute atomic E-state index is 13.9. The quantitative estimate of drug-likeness (QED) is 0.715. The first kappa shape index (κ1) is 18.7. The van der Waals surface area contributed by atoms with Crippen molar-refractivity contribution >= 4 is 11.9 Å². The molecule has 2 fully saturated rings. The number of fused-ring (bicyclic) bond motifs is 2. The van der Waals surface area contributed by atoms with Crippen LogP contribution in [0.2, 0.25) is 0 Å². The van der Waals surface area contributed by atoms with Crippen molar-refractivity contribution in [2.45, 2.75) is 51.2 Å². The molecule has 3 aromatic rings. The Morgan fingerprint density at radius 1 is 1.10 bits per heavy atom. The normalized spacial score (nSPS) is 22.5. The molecule has 1 amide bonds. The van der Waals surface area contributed by atoms with Crippen LogP contribution in [0.4, 0.5) is 10.3 Å². The van der Waals surface area contributed by atoms with Gasteiger partial charge in [-0.1, -0.05) is 0 Å². The number of benzene rings is 1. The molecule has 0 aliphatic carbocycles. The number of carbonyl (C=O) groups excluding carboxylic acids is 1. The molecular weight excluding hydrogens is 385 g/mol. The lowest BCUT2D eigenvalue weighted by Gasteiger charge is -2.26. The van der Waals surface area contributed by atoms with Gasteiger partial charge in [0.1, 0.15) is 11.5 Å². The zero-order valence-electron chi connectivity index (χ0n) is 16.8. The molecular formula is C21H22FN7O. The van der Waals surface area contributed by atoms with Crippen molar-refractivity contribution in [2.24, 2.45) is 0 Å². The summed E-state index contributed by atoms with van der Waals surface area (Å²) in [5.74, 6) is 0.0378. The van der Waals surface area contributed by atoms with Gasteiger partial charge in [0.05, 0.1) is 30.0 Å². The largest absolute Gasteiger partial charge is 0.349 e. The molecule has 8 nitrogen and oxygen atoms in total. The highest BCUT2D eigenvalue weighted by Gasteiger charge is 2.49. The number of halogens is 1. The summed E-state index contributed by atoms with van der Waals surface area (Å²) < 4.78 is 13.9. The lowest BCUT2D eigenvalue weighted by molar-refractivity contribution is 0.0727. The second kappa shape index (κ2) is 7.16. The van der Waals surface area contributed by atoms with E-state index in [0.717, 1.165) is 30.7 Å². The summed E-state index contributed by atoms with van der Waals surface area (Å²) >= 11 is 0.